The Morgan fingerprint density at radius 2 is 1.89 bits per heavy atom. The topological polar surface area (TPSA) is 30.2 Å². The van der Waals surface area contributed by atoms with E-state index in [9.17, 15) is 9.18 Å². The summed E-state index contributed by atoms with van der Waals surface area (Å²) in [7, 11) is 0. The number of rotatable bonds is 6. The highest BCUT2D eigenvalue weighted by molar-refractivity contribution is 5.93. The van der Waals surface area contributed by atoms with Crippen molar-refractivity contribution in [3.05, 3.63) is 59.3 Å². The molecule has 0 saturated heterocycles. The lowest BCUT2D eigenvalue weighted by molar-refractivity contribution is 0.0951. The Morgan fingerprint density at radius 1 is 1.16 bits per heavy atom. The van der Waals surface area contributed by atoms with Gasteiger partial charge in [-0.05, 0) is 36.2 Å². The first-order valence-electron chi connectivity index (χ1n) is 6.55. The quantitative estimate of drug-likeness (QED) is 0.721. The summed E-state index contributed by atoms with van der Waals surface area (Å²) in [5, 5.41) is 0. The van der Waals surface area contributed by atoms with Crippen molar-refractivity contribution in [2.75, 3.05) is 0 Å². The molecule has 0 unspecified atom stereocenters. The molecule has 1 aromatic carbocycles. The van der Waals surface area contributed by atoms with Gasteiger partial charge in [0.15, 0.2) is 11.5 Å². The molecule has 0 N–H and O–H groups in total. The summed E-state index contributed by atoms with van der Waals surface area (Å²) < 4.78 is 18.3. The van der Waals surface area contributed by atoms with Crippen LogP contribution in [0.15, 0.2) is 40.8 Å². The molecule has 0 aliphatic rings. The molecule has 0 aliphatic carbocycles. The van der Waals surface area contributed by atoms with E-state index < -0.39 is 0 Å². The number of hydrogen-bond donors (Lipinski definition) is 0. The first-order chi connectivity index (χ1) is 9.19. The minimum Gasteiger partial charge on any atom is -0.458 e. The summed E-state index contributed by atoms with van der Waals surface area (Å²) in [6.45, 7) is 2.05. The zero-order valence-corrected chi connectivity index (χ0v) is 11.0. The number of halogens is 1. The maximum absolute atomic E-state index is 12.8. The van der Waals surface area contributed by atoms with Crippen LogP contribution in [-0.4, -0.2) is 5.78 Å². The maximum atomic E-state index is 12.8. The molecule has 1 heterocycles. The van der Waals surface area contributed by atoms with Crippen LogP contribution in [0.4, 0.5) is 4.39 Å². The van der Waals surface area contributed by atoms with Gasteiger partial charge in [0.2, 0.25) is 0 Å². The number of furan rings is 1. The van der Waals surface area contributed by atoms with E-state index in [1.165, 1.54) is 12.1 Å². The molecule has 2 nitrogen and oxygen atoms in total. The normalized spacial score (nSPS) is 10.6. The molecule has 0 radical (unpaired) electrons. The van der Waals surface area contributed by atoms with Gasteiger partial charge in [-0.25, -0.2) is 4.39 Å². The molecule has 1 aromatic heterocycles. The second-order valence-electron chi connectivity index (χ2n) is 4.60. The lowest BCUT2D eigenvalue weighted by Crippen LogP contribution is -1.96. The van der Waals surface area contributed by atoms with Crippen LogP contribution < -0.4 is 0 Å². The average molecular weight is 260 g/mol. The van der Waals surface area contributed by atoms with E-state index in [2.05, 4.69) is 6.92 Å². The summed E-state index contributed by atoms with van der Waals surface area (Å²) in [5.41, 5.74) is 0.961. The molecule has 3 heteroatoms. The van der Waals surface area contributed by atoms with Crippen LogP contribution in [0.5, 0.6) is 0 Å². The molecule has 0 aliphatic heterocycles. The number of carbonyl (C=O) groups excluding carboxylic acids is 1. The Labute approximate surface area is 112 Å². The number of ketones is 1. The van der Waals surface area contributed by atoms with Gasteiger partial charge in [0, 0.05) is 12.8 Å². The second-order valence-corrected chi connectivity index (χ2v) is 4.60. The molecular weight excluding hydrogens is 243 g/mol. The summed E-state index contributed by atoms with van der Waals surface area (Å²) in [5.74, 6) is 0.947. The molecular formula is C16H17FO2. The molecule has 0 fully saturated rings. The highest BCUT2D eigenvalue weighted by atomic mass is 19.1. The smallest absolute Gasteiger partial charge is 0.197 e. The molecule has 0 bridgehead atoms. The molecule has 0 amide bonds. The Kier molecular flexibility index (Phi) is 4.50. The lowest BCUT2D eigenvalue weighted by atomic mass is 10.1. The minimum absolute atomic E-state index is 0.0483. The minimum atomic E-state index is -0.251. The van der Waals surface area contributed by atoms with Crippen LogP contribution in [0.25, 0.3) is 0 Å². The van der Waals surface area contributed by atoms with Crippen molar-refractivity contribution < 1.29 is 13.6 Å². The average Bonchev–Trinajstić information content (AvgIpc) is 2.87. The first-order valence-corrected chi connectivity index (χ1v) is 6.55. The van der Waals surface area contributed by atoms with Crippen molar-refractivity contribution in [2.24, 2.45) is 0 Å². The fraction of sp³-hybridized carbons (Fsp3) is 0.312. The van der Waals surface area contributed by atoms with Gasteiger partial charge in [-0.2, -0.15) is 0 Å². The zero-order chi connectivity index (χ0) is 13.7. The predicted octanol–water partition coefficient (Wildman–Crippen LogP) is 4.38. The number of hydrogen-bond acceptors (Lipinski definition) is 2. The van der Waals surface area contributed by atoms with E-state index in [4.69, 9.17) is 4.42 Å². The molecule has 19 heavy (non-hydrogen) atoms. The largest absolute Gasteiger partial charge is 0.458 e. The van der Waals surface area contributed by atoms with Crippen molar-refractivity contribution >= 4 is 5.78 Å². The molecule has 100 valence electrons. The summed E-state index contributed by atoms with van der Waals surface area (Å²) >= 11 is 0. The number of Topliss-reactive ketones (excluding diaryl/α,β-unsaturated/α-hetero) is 1. The molecule has 0 atom stereocenters. The molecule has 2 rings (SSSR count). The van der Waals surface area contributed by atoms with E-state index in [0.717, 1.165) is 24.2 Å². The summed E-state index contributed by atoms with van der Waals surface area (Å²) in [4.78, 5) is 11.8. The number of carbonyl (C=O) groups is 1. The van der Waals surface area contributed by atoms with Gasteiger partial charge in [0.25, 0.3) is 0 Å². The van der Waals surface area contributed by atoms with Crippen molar-refractivity contribution in [1.82, 2.24) is 0 Å². The van der Waals surface area contributed by atoms with Gasteiger partial charge in [0.1, 0.15) is 11.6 Å². The third-order valence-corrected chi connectivity index (χ3v) is 2.99. The number of unbranched alkanes of at least 4 members (excludes halogenated alkanes) is 1. The second kappa shape index (κ2) is 6.32. The summed E-state index contributed by atoms with van der Waals surface area (Å²) in [6, 6.07) is 9.81. The van der Waals surface area contributed by atoms with Gasteiger partial charge in [-0.1, -0.05) is 25.5 Å². The number of benzene rings is 1. The zero-order valence-electron chi connectivity index (χ0n) is 11.0. The summed E-state index contributed by atoms with van der Waals surface area (Å²) in [6.07, 6.45) is 2.98. The fourth-order valence-corrected chi connectivity index (χ4v) is 1.89. The highest BCUT2D eigenvalue weighted by Gasteiger charge is 2.10. The SMILES string of the molecule is CCCCC(=O)c1ccc(Cc2ccc(F)cc2)o1. The third kappa shape index (κ3) is 3.78. The van der Waals surface area contributed by atoms with Crippen LogP contribution in [0.1, 0.15) is 48.1 Å². The van der Waals surface area contributed by atoms with Gasteiger partial charge in [-0.3, -0.25) is 4.79 Å². The lowest BCUT2D eigenvalue weighted by Gasteiger charge is -1.99. The fourth-order valence-electron chi connectivity index (χ4n) is 1.89. The van der Waals surface area contributed by atoms with Gasteiger partial charge < -0.3 is 4.42 Å². The van der Waals surface area contributed by atoms with Crippen molar-refractivity contribution in [3.63, 3.8) is 0 Å². The van der Waals surface area contributed by atoms with E-state index in [1.54, 1.807) is 18.2 Å². The predicted molar refractivity (Wildman–Crippen MR) is 71.8 cm³/mol. The van der Waals surface area contributed by atoms with Gasteiger partial charge in [0.05, 0.1) is 0 Å². The van der Waals surface area contributed by atoms with E-state index >= 15 is 0 Å². The van der Waals surface area contributed by atoms with E-state index in [1.807, 2.05) is 6.07 Å². The molecule has 0 saturated carbocycles. The van der Waals surface area contributed by atoms with Gasteiger partial charge >= 0.3 is 0 Å². The van der Waals surface area contributed by atoms with Crippen molar-refractivity contribution in [1.29, 1.82) is 0 Å². The monoisotopic (exact) mass is 260 g/mol. The van der Waals surface area contributed by atoms with Crippen molar-refractivity contribution in [3.8, 4) is 0 Å². The Hall–Kier alpha value is -1.90. The van der Waals surface area contributed by atoms with Crippen LogP contribution in [0, 0.1) is 5.82 Å². The Morgan fingerprint density at radius 3 is 2.58 bits per heavy atom. The van der Waals surface area contributed by atoms with Crippen LogP contribution >= 0.6 is 0 Å². The van der Waals surface area contributed by atoms with Crippen LogP contribution in [0.2, 0.25) is 0 Å². The van der Waals surface area contributed by atoms with E-state index in [-0.39, 0.29) is 11.6 Å². The van der Waals surface area contributed by atoms with Gasteiger partial charge in [-0.15, -0.1) is 0 Å². The Bertz CT molecular complexity index is 540. The molecule has 2 aromatic rings. The molecule has 0 spiro atoms. The van der Waals surface area contributed by atoms with Crippen LogP contribution in [0.3, 0.4) is 0 Å². The van der Waals surface area contributed by atoms with Crippen LogP contribution in [-0.2, 0) is 6.42 Å². The van der Waals surface area contributed by atoms with Crippen molar-refractivity contribution in [2.45, 2.75) is 32.6 Å². The first kappa shape index (κ1) is 13.5. The third-order valence-electron chi connectivity index (χ3n) is 2.99. The van der Waals surface area contributed by atoms with E-state index in [0.29, 0.717) is 18.6 Å². The highest BCUT2D eigenvalue weighted by Crippen LogP contribution is 2.16. The maximum Gasteiger partial charge on any atom is 0.197 e. The standard InChI is InChI=1S/C16H17FO2/c1-2-3-4-15(18)16-10-9-14(19-16)11-12-5-7-13(17)8-6-12/h5-10H,2-4,11H2,1H3. The Balaban J connectivity index is 2.01.